The molecule has 0 aromatic rings. The topological polar surface area (TPSA) is 78.9 Å². The first-order chi connectivity index (χ1) is 33.0. The maximum atomic E-state index is 12.8. The Morgan fingerprint density at radius 3 is 0.746 bits per heavy atom. The maximum Gasteiger partial charge on any atom is 0.306 e. The average molecular weight is 944 g/mol. The minimum absolute atomic E-state index is 0.0691. The van der Waals surface area contributed by atoms with Gasteiger partial charge in [0.05, 0.1) is 0 Å². The van der Waals surface area contributed by atoms with Gasteiger partial charge in [-0.15, -0.1) is 0 Å². The van der Waals surface area contributed by atoms with Crippen molar-refractivity contribution in [2.45, 2.75) is 335 Å². The zero-order valence-electron chi connectivity index (χ0n) is 45.2. The van der Waals surface area contributed by atoms with Gasteiger partial charge in [0, 0.05) is 19.3 Å². The van der Waals surface area contributed by atoms with Crippen molar-refractivity contribution >= 4 is 17.9 Å². The molecule has 1 atom stereocenters. The summed E-state index contributed by atoms with van der Waals surface area (Å²) in [5.74, 6) is -0.858. The minimum atomic E-state index is -0.769. The molecule has 0 radical (unpaired) electrons. The van der Waals surface area contributed by atoms with Gasteiger partial charge in [-0.1, -0.05) is 263 Å². The van der Waals surface area contributed by atoms with Gasteiger partial charge < -0.3 is 14.2 Å². The second-order valence-electron chi connectivity index (χ2n) is 20.3. The Labute approximate surface area is 417 Å². The van der Waals surface area contributed by atoms with Crippen LogP contribution in [0.1, 0.15) is 329 Å². The highest BCUT2D eigenvalue weighted by molar-refractivity contribution is 5.71. The number of carbonyl (C=O) groups excluding carboxylic acids is 3. The molecule has 0 aliphatic carbocycles. The molecule has 0 aromatic heterocycles. The van der Waals surface area contributed by atoms with Gasteiger partial charge in [0.1, 0.15) is 13.2 Å². The zero-order valence-corrected chi connectivity index (χ0v) is 45.2. The molecule has 0 bridgehead atoms. The monoisotopic (exact) mass is 943 g/mol. The molecule has 394 valence electrons. The number of rotatable bonds is 55. The van der Waals surface area contributed by atoms with Crippen LogP contribution in [0.15, 0.2) is 24.3 Å². The first-order valence-electron chi connectivity index (χ1n) is 29.8. The number of hydrogen-bond donors (Lipinski definition) is 0. The average Bonchev–Trinajstić information content (AvgIpc) is 3.33. The normalized spacial score (nSPS) is 12.1. The van der Waals surface area contributed by atoms with Crippen LogP contribution in [-0.2, 0) is 28.6 Å². The molecule has 67 heavy (non-hydrogen) atoms. The highest BCUT2D eigenvalue weighted by Crippen LogP contribution is 2.17. The largest absolute Gasteiger partial charge is 0.462 e. The molecule has 6 heteroatoms. The Balaban J connectivity index is 4.19. The van der Waals surface area contributed by atoms with Gasteiger partial charge in [-0.3, -0.25) is 14.4 Å². The molecule has 0 aromatic carbocycles. The fraction of sp³-hybridized carbons (Fsp3) is 0.885. The Kier molecular flexibility index (Phi) is 54.7. The van der Waals surface area contributed by atoms with E-state index in [1.54, 1.807) is 0 Å². The van der Waals surface area contributed by atoms with E-state index in [-0.39, 0.29) is 31.1 Å². The van der Waals surface area contributed by atoms with Crippen LogP contribution < -0.4 is 0 Å². The number of hydrogen-bond acceptors (Lipinski definition) is 6. The predicted molar refractivity (Wildman–Crippen MR) is 289 cm³/mol. The zero-order chi connectivity index (χ0) is 48.6. The standard InChI is InChI=1S/C61H114O6/c1-4-7-10-13-16-19-21-23-25-27-28-29-30-31-32-34-35-37-39-42-45-48-51-54-60(63)66-57-58(56-65-59(62)53-50-47-44-41-18-15-12-9-6-3)67-61(64)55-52-49-46-43-40-38-36-33-26-24-22-20-17-14-11-8-5-2/h24,26-28,58H,4-23,25,29-57H2,1-3H3/b26-24-,28-27-. The quantitative estimate of drug-likeness (QED) is 0.0262. The molecule has 0 fully saturated rings. The first kappa shape index (κ1) is 64.9. The fourth-order valence-electron chi connectivity index (χ4n) is 8.91. The van der Waals surface area contributed by atoms with Crippen LogP contribution in [0, 0.1) is 0 Å². The van der Waals surface area contributed by atoms with Crippen molar-refractivity contribution in [2.24, 2.45) is 0 Å². The molecular weight excluding hydrogens is 829 g/mol. The second kappa shape index (κ2) is 56.5. The smallest absolute Gasteiger partial charge is 0.306 e. The molecule has 0 amide bonds. The molecule has 0 saturated carbocycles. The fourth-order valence-corrected chi connectivity index (χ4v) is 8.91. The highest BCUT2D eigenvalue weighted by Gasteiger charge is 2.19. The van der Waals surface area contributed by atoms with Crippen molar-refractivity contribution < 1.29 is 28.6 Å². The Hall–Kier alpha value is -2.11. The lowest BCUT2D eigenvalue weighted by atomic mass is 10.0. The summed E-state index contributed by atoms with van der Waals surface area (Å²) in [5.41, 5.74) is 0. The minimum Gasteiger partial charge on any atom is -0.462 e. The van der Waals surface area contributed by atoms with Gasteiger partial charge in [-0.25, -0.2) is 0 Å². The summed E-state index contributed by atoms with van der Waals surface area (Å²) in [6.07, 6.45) is 66.1. The van der Waals surface area contributed by atoms with Gasteiger partial charge in [0.2, 0.25) is 0 Å². The van der Waals surface area contributed by atoms with Crippen LogP contribution in [0.2, 0.25) is 0 Å². The van der Waals surface area contributed by atoms with E-state index in [9.17, 15) is 14.4 Å². The lowest BCUT2D eigenvalue weighted by molar-refractivity contribution is -0.167. The molecule has 0 heterocycles. The Morgan fingerprint density at radius 1 is 0.284 bits per heavy atom. The Morgan fingerprint density at radius 2 is 0.493 bits per heavy atom. The van der Waals surface area contributed by atoms with Crippen LogP contribution in [0.25, 0.3) is 0 Å². The summed E-state index contributed by atoms with van der Waals surface area (Å²) in [6, 6.07) is 0. The third-order valence-electron chi connectivity index (χ3n) is 13.4. The molecule has 0 aliphatic heterocycles. The second-order valence-corrected chi connectivity index (χ2v) is 20.3. The number of unbranched alkanes of at least 4 members (excludes halogenated alkanes) is 40. The molecule has 0 spiro atoms. The van der Waals surface area contributed by atoms with E-state index in [2.05, 4.69) is 45.1 Å². The van der Waals surface area contributed by atoms with Gasteiger partial charge in [-0.2, -0.15) is 0 Å². The lowest BCUT2D eigenvalue weighted by Gasteiger charge is -2.18. The molecule has 0 N–H and O–H groups in total. The van der Waals surface area contributed by atoms with Crippen LogP contribution in [0.3, 0.4) is 0 Å². The van der Waals surface area contributed by atoms with Crippen molar-refractivity contribution in [3.8, 4) is 0 Å². The molecule has 0 rings (SSSR count). The summed E-state index contributed by atoms with van der Waals surface area (Å²) in [6.45, 7) is 6.66. The summed E-state index contributed by atoms with van der Waals surface area (Å²) < 4.78 is 16.8. The van der Waals surface area contributed by atoms with Crippen LogP contribution >= 0.6 is 0 Å². The van der Waals surface area contributed by atoms with E-state index in [1.807, 2.05) is 0 Å². The van der Waals surface area contributed by atoms with Crippen molar-refractivity contribution in [1.82, 2.24) is 0 Å². The summed E-state index contributed by atoms with van der Waals surface area (Å²) in [5, 5.41) is 0. The summed E-state index contributed by atoms with van der Waals surface area (Å²) >= 11 is 0. The van der Waals surface area contributed by atoms with Crippen LogP contribution in [-0.4, -0.2) is 37.2 Å². The third-order valence-corrected chi connectivity index (χ3v) is 13.4. The third kappa shape index (κ3) is 54.7. The van der Waals surface area contributed by atoms with E-state index >= 15 is 0 Å². The number of carbonyl (C=O) groups is 3. The van der Waals surface area contributed by atoms with Gasteiger partial charge >= 0.3 is 17.9 Å². The van der Waals surface area contributed by atoms with E-state index in [4.69, 9.17) is 14.2 Å². The molecule has 1 unspecified atom stereocenters. The van der Waals surface area contributed by atoms with Crippen molar-refractivity contribution in [1.29, 1.82) is 0 Å². The summed E-state index contributed by atoms with van der Waals surface area (Å²) in [7, 11) is 0. The number of ether oxygens (including phenoxy) is 3. The van der Waals surface area contributed by atoms with E-state index < -0.39 is 6.10 Å². The molecule has 0 saturated heterocycles. The van der Waals surface area contributed by atoms with Crippen molar-refractivity contribution in [3.05, 3.63) is 24.3 Å². The Bertz CT molecular complexity index is 1080. The maximum absolute atomic E-state index is 12.8. The first-order valence-corrected chi connectivity index (χ1v) is 29.8. The van der Waals surface area contributed by atoms with Gasteiger partial charge in [-0.05, 0) is 70.6 Å². The highest BCUT2D eigenvalue weighted by atomic mass is 16.6. The predicted octanol–water partition coefficient (Wildman–Crippen LogP) is 19.9. The molecule has 6 nitrogen and oxygen atoms in total. The van der Waals surface area contributed by atoms with Crippen LogP contribution in [0.5, 0.6) is 0 Å². The van der Waals surface area contributed by atoms with Gasteiger partial charge in [0.15, 0.2) is 6.10 Å². The van der Waals surface area contributed by atoms with E-state index in [1.165, 1.54) is 231 Å². The SMILES string of the molecule is CCCCCCCC/C=C\CCCCCCCCCC(=O)OC(COC(=O)CCCCCCCCCCC)COC(=O)CCCCCCCCCCCCC/C=C\CCCCCCCCCC. The summed E-state index contributed by atoms with van der Waals surface area (Å²) in [4.78, 5) is 38.1. The van der Waals surface area contributed by atoms with E-state index in [0.717, 1.165) is 57.8 Å². The lowest BCUT2D eigenvalue weighted by Crippen LogP contribution is -2.30. The van der Waals surface area contributed by atoms with Crippen LogP contribution in [0.4, 0.5) is 0 Å². The molecular formula is C61H114O6. The van der Waals surface area contributed by atoms with E-state index in [0.29, 0.717) is 19.3 Å². The van der Waals surface area contributed by atoms with Crippen molar-refractivity contribution in [2.75, 3.05) is 13.2 Å². The number of allylic oxidation sites excluding steroid dienone is 4. The van der Waals surface area contributed by atoms with Crippen molar-refractivity contribution in [3.63, 3.8) is 0 Å². The number of esters is 3. The van der Waals surface area contributed by atoms with Gasteiger partial charge in [0.25, 0.3) is 0 Å². The molecule has 0 aliphatic rings.